The molecule has 4 aromatic carbocycles. The Morgan fingerprint density at radius 1 is 0.564 bits per heavy atom. The van der Waals surface area contributed by atoms with Crippen LogP contribution < -0.4 is 4.72 Å². The normalized spacial score (nSPS) is 11.6. The van der Waals surface area contributed by atoms with E-state index in [9.17, 15) is 36.6 Å². The van der Waals surface area contributed by atoms with Crippen LogP contribution in [0.2, 0.25) is 0 Å². The minimum absolute atomic E-state index is 0.104. The van der Waals surface area contributed by atoms with Crippen LogP contribution in [0.25, 0.3) is 11.1 Å². The molecule has 0 fully saturated rings. The molecule has 39 heavy (non-hydrogen) atoms. The van der Waals surface area contributed by atoms with E-state index in [1.165, 1.54) is 36.4 Å². The maximum atomic E-state index is 13.0. The smallest absolute Gasteiger partial charge is 0.339 e. The minimum Gasteiger partial charge on any atom is -0.507 e. The number of nitrogens with one attached hydrogen (secondary N) is 1. The quantitative estimate of drug-likeness (QED) is 0.208. The molecule has 0 saturated carbocycles. The van der Waals surface area contributed by atoms with Gasteiger partial charge in [-0.2, -0.15) is 0 Å². The third-order valence-corrected chi connectivity index (χ3v) is 8.80. The van der Waals surface area contributed by atoms with Crippen molar-refractivity contribution in [2.24, 2.45) is 0 Å². The van der Waals surface area contributed by atoms with Gasteiger partial charge < -0.3 is 20.4 Å². The number of hydrogen-bond donors (Lipinski definition) is 5. The minimum atomic E-state index is -4.17. The van der Waals surface area contributed by atoms with Crippen molar-refractivity contribution in [2.45, 2.75) is 14.7 Å². The van der Waals surface area contributed by atoms with E-state index in [0.29, 0.717) is 11.1 Å². The van der Waals surface area contributed by atoms with Gasteiger partial charge in [-0.25, -0.2) is 26.4 Å². The number of carbonyl (C=O) groups is 2. The highest BCUT2D eigenvalue weighted by molar-refractivity contribution is 7.92. The van der Waals surface area contributed by atoms with Crippen LogP contribution in [-0.2, 0) is 19.9 Å². The molecule has 0 aliphatic heterocycles. The number of aromatic hydroxyl groups is 2. The monoisotopic (exact) mass is 569 g/mol. The molecule has 11 nitrogen and oxygen atoms in total. The molecular formula is C26H19NO10S2. The summed E-state index contributed by atoms with van der Waals surface area (Å²) in [4.78, 5) is 21.7. The molecule has 0 aliphatic rings. The maximum absolute atomic E-state index is 13.0. The summed E-state index contributed by atoms with van der Waals surface area (Å²) in [6.07, 6.45) is 0. The van der Waals surface area contributed by atoms with Crippen molar-refractivity contribution >= 4 is 37.5 Å². The van der Waals surface area contributed by atoms with Gasteiger partial charge in [-0.3, -0.25) is 4.72 Å². The standard InChI is InChI=1S/C26H19NO10S2/c28-23-11-9-19(13-21(23)25(30)31)38(34,35)18-7-3-16(4-8-18)15-1-5-17(6-2-15)27-39(36,37)20-10-12-24(29)22(14-20)26(32)33/h1-14,27-29H,(H,30,31)(H,32,33). The van der Waals surface area contributed by atoms with E-state index in [1.807, 2.05) is 0 Å². The van der Waals surface area contributed by atoms with Gasteiger partial charge in [0.25, 0.3) is 10.0 Å². The second kappa shape index (κ2) is 10.1. The van der Waals surface area contributed by atoms with E-state index < -0.39 is 54.4 Å². The van der Waals surface area contributed by atoms with Crippen LogP contribution in [0.4, 0.5) is 5.69 Å². The van der Waals surface area contributed by atoms with Crippen molar-refractivity contribution in [3.63, 3.8) is 0 Å². The van der Waals surface area contributed by atoms with Crippen molar-refractivity contribution in [3.8, 4) is 22.6 Å². The molecule has 13 heteroatoms. The number of rotatable bonds is 8. The zero-order valence-corrected chi connectivity index (χ0v) is 21.3. The number of phenols is 2. The molecule has 0 heterocycles. The van der Waals surface area contributed by atoms with Crippen molar-refractivity contribution in [1.82, 2.24) is 0 Å². The highest BCUT2D eigenvalue weighted by atomic mass is 32.2. The number of aromatic carboxylic acids is 2. The van der Waals surface area contributed by atoms with Crippen LogP contribution in [0, 0.1) is 0 Å². The average molecular weight is 570 g/mol. The van der Waals surface area contributed by atoms with Gasteiger partial charge in [-0.05, 0) is 71.8 Å². The summed E-state index contributed by atoms with van der Waals surface area (Å²) in [5, 5.41) is 37.5. The summed E-state index contributed by atoms with van der Waals surface area (Å²) in [7, 11) is -8.25. The summed E-state index contributed by atoms with van der Waals surface area (Å²) in [6, 6.07) is 17.6. The topological polar surface area (TPSA) is 195 Å². The van der Waals surface area contributed by atoms with Crippen LogP contribution in [0.1, 0.15) is 20.7 Å². The summed E-state index contributed by atoms with van der Waals surface area (Å²) in [5.74, 6) is -4.09. The molecule has 0 spiro atoms. The van der Waals surface area contributed by atoms with Crippen LogP contribution in [0.3, 0.4) is 0 Å². The van der Waals surface area contributed by atoms with E-state index in [1.54, 1.807) is 12.1 Å². The lowest BCUT2D eigenvalue weighted by molar-refractivity contribution is 0.0682. The second-order valence-electron chi connectivity index (χ2n) is 8.18. The van der Waals surface area contributed by atoms with Gasteiger partial charge in [0, 0.05) is 5.69 Å². The lowest BCUT2D eigenvalue weighted by Gasteiger charge is -2.11. The Balaban J connectivity index is 1.55. The molecule has 0 bridgehead atoms. The first-order valence-corrected chi connectivity index (χ1v) is 13.9. The fourth-order valence-electron chi connectivity index (χ4n) is 3.61. The summed E-state index contributed by atoms with van der Waals surface area (Å²) >= 11 is 0. The van der Waals surface area contributed by atoms with Gasteiger partial charge in [0.15, 0.2) is 0 Å². The van der Waals surface area contributed by atoms with Gasteiger partial charge >= 0.3 is 11.9 Å². The van der Waals surface area contributed by atoms with Gasteiger partial charge in [0.05, 0.1) is 14.7 Å². The highest BCUT2D eigenvalue weighted by Gasteiger charge is 2.22. The van der Waals surface area contributed by atoms with Crippen LogP contribution in [0.15, 0.2) is 99.6 Å². The molecule has 200 valence electrons. The van der Waals surface area contributed by atoms with Crippen LogP contribution in [0.5, 0.6) is 11.5 Å². The molecular weight excluding hydrogens is 550 g/mol. The zero-order valence-electron chi connectivity index (χ0n) is 19.6. The van der Waals surface area contributed by atoms with Gasteiger partial charge in [0.2, 0.25) is 9.84 Å². The number of anilines is 1. The number of sulfone groups is 1. The molecule has 0 atom stereocenters. The Hall–Kier alpha value is -4.88. The first-order chi connectivity index (χ1) is 18.3. The van der Waals surface area contributed by atoms with Gasteiger partial charge in [-0.1, -0.05) is 24.3 Å². The number of hydrogen-bond acceptors (Lipinski definition) is 8. The third kappa shape index (κ3) is 5.54. The SMILES string of the molecule is O=C(O)c1cc(S(=O)(=O)Nc2ccc(-c3ccc(S(=O)(=O)c4ccc(O)c(C(=O)O)c4)cc3)cc2)ccc1O. The predicted molar refractivity (Wildman–Crippen MR) is 138 cm³/mol. The van der Waals surface area contributed by atoms with Crippen molar-refractivity contribution in [3.05, 3.63) is 96.1 Å². The Kier molecular flexibility index (Phi) is 7.05. The van der Waals surface area contributed by atoms with Crippen LogP contribution in [-0.4, -0.2) is 49.2 Å². The molecule has 0 unspecified atom stereocenters. The molecule has 0 saturated heterocycles. The van der Waals surface area contributed by atoms with Crippen molar-refractivity contribution < 1.29 is 46.9 Å². The average Bonchev–Trinajstić information content (AvgIpc) is 2.89. The molecule has 0 amide bonds. The molecule has 4 rings (SSSR count). The second-order valence-corrected chi connectivity index (χ2v) is 11.8. The fraction of sp³-hybridized carbons (Fsp3) is 0. The highest BCUT2D eigenvalue weighted by Crippen LogP contribution is 2.29. The number of benzene rings is 4. The van der Waals surface area contributed by atoms with E-state index in [-0.39, 0.29) is 20.4 Å². The Labute approximate surface area is 222 Å². The predicted octanol–water partition coefficient (Wildman–Crippen LogP) is 3.79. The largest absolute Gasteiger partial charge is 0.507 e. The summed E-state index contributed by atoms with van der Waals surface area (Å²) in [6.45, 7) is 0. The summed E-state index contributed by atoms with van der Waals surface area (Å²) in [5.41, 5.74) is 0.287. The zero-order chi connectivity index (χ0) is 28.5. The fourth-order valence-corrected chi connectivity index (χ4v) is 5.99. The van der Waals surface area contributed by atoms with Crippen molar-refractivity contribution in [2.75, 3.05) is 4.72 Å². The molecule has 0 aliphatic carbocycles. The maximum Gasteiger partial charge on any atom is 0.339 e. The molecule has 4 aromatic rings. The molecule has 0 aromatic heterocycles. The van der Waals surface area contributed by atoms with Crippen molar-refractivity contribution in [1.29, 1.82) is 0 Å². The Morgan fingerprint density at radius 2 is 0.974 bits per heavy atom. The first kappa shape index (κ1) is 27.2. The third-order valence-electron chi connectivity index (χ3n) is 5.65. The summed E-state index contributed by atoms with van der Waals surface area (Å²) < 4.78 is 53.6. The van der Waals surface area contributed by atoms with Gasteiger partial charge in [0.1, 0.15) is 22.6 Å². The van der Waals surface area contributed by atoms with E-state index in [2.05, 4.69) is 4.72 Å². The van der Waals surface area contributed by atoms with E-state index >= 15 is 0 Å². The number of sulfonamides is 1. The molecule has 5 N–H and O–H groups in total. The number of carboxylic acids is 2. The number of carboxylic acid groups (broad SMARTS) is 2. The van der Waals surface area contributed by atoms with E-state index in [4.69, 9.17) is 10.2 Å². The lowest BCUT2D eigenvalue weighted by atomic mass is 10.1. The molecule has 0 radical (unpaired) electrons. The first-order valence-electron chi connectivity index (χ1n) is 10.9. The Bertz CT molecular complexity index is 1810. The lowest BCUT2D eigenvalue weighted by Crippen LogP contribution is -2.13. The van der Waals surface area contributed by atoms with Gasteiger partial charge in [-0.15, -0.1) is 0 Å². The van der Waals surface area contributed by atoms with Crippen LogP contribution >= 0.6 is 0 Å². The Morgan fingerprint density at radius 3 is 1.46 bits per heavy atom. The van der Waals surface area contributed by atoms with E-state index in [0.717, 1.165) is 36.4 Å².